The van der Waals surface area contributed by atoms with Crippen molar-refractivity contribution in [3.8, 4) is 0 Å². The van der Waals surface area contributed by atoms with Crippen molar-refractivity contribution >= 4 is 33.4 Å². The lowest BCUT2D eigenvalue weighted by Gasteiger charge is -2.41. The van der Waals surface area contributed by atoms with Crippen LogP contribution in [0.3, 0.4) is 0 Å². The maximum Gasteiger partial charge on any atom is 0.253 e. The van der Waals surface area contributed by atoms with Crippen LogP contribution >= 0.6 is 15.9 Å². The predicted molar refractivity (Wildman–Crippen MR) is 77.9 cm³/mol. The smallest absolute Gasteiger partial charge is 0.253 e. The van der Waals surface area contributed by atoms with Gasteiger partial charge in [0.05, 0.1) is 5.69 Å². The van der Waals surface area contributed by atoms with Crippen LogP contribution in [0, 0.1) is 5.82 Å². The fourth-order valence-corrected chi connectivity index (χ4v) is 2.91. The molecule has 1 aromatic carbocycles. The second-order valence-corrected chi connectivity index (χ2v) is 5.68. The fourth-order valence-electron chi connectivity index (χ4n) is 2.45. The predicted octanol–water partition coefficient (Wildman–Crippen LogP) is 2.61. The lowest BCUT2D eigenvalue weighted by molar-refractivity contribution is -0.136. The fraction of sp³-hybridized carbons (Fsp3) is 0.429. The van der Waals surface area contributed by atoms with E-state index in [4.69, 9.17) is 0 Å². The third kappa shape index (κ3) is 2.44. The Hall–Kier alpha value is -1.43. The number of anilines is 1. The van der Waals surface area contributed by atoms with Crippen molar-refractivity contribution in [3.63, 3.8) is 0 Å². The molecule has 4 nitrogen and oxygen atoms in total. The number of hydrogen-bond acceptors (Lipinski definition) is 2. The zero-order valence-corrected chi connectivity index (χ0v) is 13.0. The van der Waals surface area contributed by atoms with Gasteiger partial charge in [-0.1, -0.05) is 13.8 Å². The van der Waals surface area contributed by atoms with Crippen LogP contribution in [-0.4, -0.2) is 23.9 Å². The van der Waals surface area contributed by atoms with Crippen molar-refractivity contribution in [2.75, 3.05) is 11.4 Å². The molecule has 1 N–H and O–H groups in total. The topological polar surface area (TPSA) is 49.4 Å². The Kier molecular flexibility index (Phi) is 4.13. The van der Waals surface area contributed by atoms with Gasteiger partial charge in [0.1, 0.15) is 17.9 Å². The van der Waals surface area contributed by atoms with Gasteiger partial charge in [-0.05, 0) is 47.0 Å². The first-order chi connectivity index (χ1) is 9.43. The number of rotatable bonds is 3. The van der Waals surface area contributed by atoms with Gasteiger partial charge in [-0.25, -0.2) is 4.39 Å². The van der Waals surface area contributed by atoms with Crippen molar-refractivity contribution in [3.05, 3.63) is 28.5 Å². The highest BCUT2D eigenvalue weighted by Gasteiger charge is 2.44. The number of carbonyl (C=O) groups excluding carboxylic acids is 2. The first kappa shape index (κ1) is 15.0. The molecular formula is C14H16BrFN2O2. The summed E-state index contributed by atoms with van der Waals surface area (Å²) in [5.41, 5.74) is -0.516. The minimum absolute atomic E-state index is 0.0946. The lowest BCUT2D eigenvalue weighted by Crippen LogP contribution is -2.66. The van der Waals surface area contributed by atoms with Gasteiger partial charge in [0.25, 0.3) is 5.91 Å². The van der Waals surface area contributed by atoms with Gasteiger partial charge in [-0.2, -0.15) is 0 Å². The molecule has 1 heterocycles. The van der Waals surface area contributed by atoms with Crippen LogP contribution < -0.4 is 10.2 Å². The maximum absolute atomic E-state index is 13.4. The zero-order valence-electron chi connectivity index (χ0n) is 11.4. The van der Waals surface area contributed by atoms with Crippen molar-refractivity contribution in [1.29, 1.82) is 0 Å². The highest BCUT2D eigenvalue weighted by Crippen LogP contribution is 2.32. The number of benzene rings is 1. The minimum atomic E-state index is -0.902. The molecule has 0 radical (unpaired) electrons. The maximum atomic E-state index is 13.4. The Morgan fingerprint density at radius 3 is 2.60 bits per heavy atom. The second kappa shape index (κ2) is 5.52. The summed E-state index contributed by atoms with van der Waals surface area (Å²) in [6.45, 7) is 3.61. The van der Waals surface area contributed by atoms with Crippen LogP contribution in [0.1, 0.15) is 26.7 Å². The summed E-state index contributed by atoms with van der Waals surface area (Å²) in [7, 11) is 0. The number of carbonyl (C=O) groups is 2. The molecule has 1 aliphatic rings. The zero-order chi connectivity index (χ0) is 14.9. The second-order valence-electron chi connectivity index (χ2n) is 4.82. The summed E-state index contributed by atoms with van der Waals surface area (Å²) in [4.78, 5) is 25.9. The van der Waals surface area contributed by atoms with Crippen LogP contribution in [0.2, 0.25) is 0 Å². The molecule has 2 amide bonds. The van der Waals surface area contributed by atoms with E-state index in [1.54, 1.807) is 0 Å². The Balaban J connectivity index is 2.47. The molecule has 0 saturated carbocycles. The molecule has 20 heavy (non-hydrogen) atoms. The van der Waals surface area contributed by atoms with Gasteiger partial charge in [-0.3, -0.25) is 14.5 Å². The first-order valence-corrected chi connectivity index (χ1v) is 7.31. The molecule has 0 aromatic heterocycles. The number of piperazine rings is 1. The lowest BCUT2D eigenvalue weighted by atomic mass is 9.88. The molecule has 1 saturated heterocycles. The third-order valence-electron chi connectivity index (χ3n) is 3.74. The molecule has 0 spiro atoms. The van der Waals surface area contributed by atoms with Crippen LogP contribution in [0.5, 0.6) is 0 Å². The van der Waals surface area contributed by atoms with Crippen LogP contribution in [-0.2, 0) is 9.59 Å². The van der Waals surface area contributed by atoms with Gasteiger partial charge in [0.2, 0.25) is 5.91 Å². The molecule has 1 fully saturated rings. The quantitative estimate of drug-likeness (QED) is 0.917. The third-order valence-corrected chi connectivity index (χ3v) is 4.41. The summed E-state index contributed by atoms with van der Waals surface area (Å²) < 4.78 is 14.0. The van der Waals surface area contributed by atoms with E-state index < -0.39 is 11.4 Å². The van der Waals surface area contributed by atoms with Crippen LogP contribution in [0.4, 0.5) is 10.1 Å². The van der Waals surface area contributed by atoms with E-state index >= 15 is 0 Å². The molecule has 0 unspecified atom stereocenters. The SMILES string of the molecule is CCC1(CC)NC(=O)CN(c2cc(F)ccc2Br)C1=O. The van der Waals surface area contributed by atoms with E-state index in [-0.39, 0.29) is 18.4 Å². The molecule has 108 valence electrons. The van der Waals surface area contributed by atoms with E-state index in [1.165, 1.54) is 23.1 Å². The summed E-state index contributed by atoms with van der Waals surface area (Å²) in [6, 6.07) is 4.09. The average molecular weight is 343 g/mol. The molecule has 1 aromatic rings. The summed E-state index contributed by atoms with van der Waals surface area (Å²) in [6.07, 6.45) is 0.995. The summed E-state index contributed by atoms with van der Waals surface area (Å²) in [5.74, 6) is -0.876. The van der Waals surface area contributed by atoms with Crippen molar-refractivity contribution in [2.24, 2.45) is 0 Å². The highest BCUT2D eigenvalue weighted by molar-refractivity contribution is 9.10. The number of nitrogens with one attached hydrogen (secondary N) is 1. The minimum Gasteiger partial charge on any atom is -0.340 e. The van der Waals surface area contributed by atoms with Gasteiger partial charge >= 0.3 is 0 Å². The number of nitrogens with zero attached hydrogens (tertiary/aromatic N) is 1. The number of amides is 2. The number of halogens is 2. The standard InChI is InChI=1S/C14H16BrFN2O2/c1-3-14(4-2)13(20)18(8-12(19)17-14)11-7-9(16)5-6-10(11)15/h5-7H,3-4,8H2,1-2H3,(H,17,19). The van der Waals surface area contributed by atoms with E-state index in [9.17, 15) is 14.0 Å². The van der Waals surface area contributed by atoms with Crippen LogP contribution in [0.25, 0.3) is 0 Å². The van der Waals surface area contributed by atoms with Gasteiger partial charge in [0.15, 0.2) is 0 Å². The van der Waals surface area contributed by atoms with E-state index in [1.807, 2.05) is 13.8 Å². The van der Waals surface area contributed by atoms with Gasteiger partial charge in [-0.15, -0.1) is 0 Å². The Morgan fingerprint density at radius 1 is 1.35 bits per heavy atom. The molecule has 6 heteroatoms. The van der Waals surface area contributed by atoms with E-state index in [0.717, 1.165) is 0 Å². The molecule has 0 bridgehead atoms. The molecule has 2 rings (SSSR count). The average Bonchev–Trinajstić information content (AvgIpc) is 2.44. The Labute approximate surface area is 125 Å². The van der Waals surface area contributed by atoms with Crippen LogP contribution in [0.15, 0.2) is 22.7 Å². The van der Waals surface area contributed by atoms with Crippen molar-refractivity contribution in [1.82, 2.24) is 5.32 Å². The molecule has 0 atom stereocenters. The monoisotopic (exact) mass is 342 g/mol. The summed E-state index contributed by atoms with van der Waals surface area (Å²) >= 11 is 3.30. The molecular weight excluding hydrogens is 327 g/mol. The first-order valence-electron chi connectivity index (χ1n) is 6.51. The Bertz CT molecular complexity index is 558. The van der Waals surface area contributed by atoms with E-state index in [2.05, 4.69) is 21.2 Å². The Morgan fingerprint density at radius 2 is 2.00 bits per heavy atom. The highest BCUT2D eigenvalue weighted by atomic mass is 79.9. The normalized spacial score (nSPS) is 18.1. The van der Waals surface area contributed by atoms with Crippen molar-refractivity contribution in [2.45, 2.75) is 32.2 Å². The van der Waals surface area contributed by atoms with E-state index in [0.29, 0.717) is 23.0 Å². The van der Waals surface area contributed by atoms with Crippen molar-refractivity contribution < 1.29 is 14.0 Å². The van der Waals surface area contributed by atoms with Gasteiger partial charge < -0.3 is 5.32 Å². The molecule has 1 aliphatic heterocycles. The largest absolute Gasteiger partial charge is 0.340 e. The number of hydrogen-bond donors (Lipinski definition) is 1. The molecule has 0 aliphatic carbocycles. The van der Waals surface area contributed by atoms with Gasteiger partial charge in [0, 0.05) is 4.47 Å². The summed E-state index contributed by atoms with van der Waals surface area (Å²) in [5, 5.41) is 2.77.